The van der Waals surface area contributed by atoms with E-state index in [1.165, 1.54) is 17.6 Å². The molecule has 0 saturated carbocycles. The molecule has 0 aliphatic carbocycles. The van der Waals surface area contributed by atoms with E-state index in [1.54, 1.807) is 30.3 Å². The van der Waals surface area contributed by atoms with Gasteiger partial charge in [0.1, 0.15) is 12.4 Å². The normalized spacial score (nSPS) is 14.1. The average molecular weight is 321 g/mol. The molecule has 0 radical (unpaired) electrons. The highest BCUT2D eigenvalue weighted by atomic mass is 16.5. The fraction of sp³-hybridized carbons (Fsp3) is 0.353. The quantitative estimate of drug-likeness (QED) is 0.240. The van der Waals surface area contributed by atoms with Gasteiger partial charge in [0, 0.05) is 6.08 Å². The van der Waals surface area contributed by atoms with Crippen molar-refractivity contribution < 1.29 is 25.0 Å². The van der Waals surface area contributed by atoms with E-state index in [0.29, 0.717) is 12.2 Å². The Bertz CT molecular complexity index is 524. The summed E-state index contributed by atoms with van der Waals surface area (Å²) in [5.41, 5.74) is 2.29. The summed E-state index contributed by atoms with van der Waals surface area (Å²) in [7, 11) is 0. The van der Waals surface area contributed by atoms with E-state index in [0.717, 1.165) is 5.56 Å². The average Bonchev–Trinajstić information content (AvgIpc) is 2.58. The van der Waals surface area contributed by atoms with Crippen molar-refractivity contribution in [1.82, 2.24) is 5.48 Å². The van der Waals surface area contributed by atoms with Crippen molar-refractivity contribution in [1.29, 1.82) is 0 Å². The van der Waals surface area contributed by atoms with Gasteiger partial charge >= 0.3 is 0 Å². The first-order chi connectivity index (χ1) is 11.1. The molecule has 0 unspecified atom stereocenters. The molecule has 0 fully saturated rings. The van der Waals surface area contributed by atoms with Crippen LogP contribution >= 0.6 is 0 Å². The number of rotatable bonds is 9. The minimum Gasteiger partial charge on any atom is -0.491 e. The van der Waals surface area contributed by atoms with E-state index in [-0.39, 0.29) is 19.1 Å². The summed E-state index contributed by atoms with van der Waals surface area (Å²) in [5.74, 6) is 0.0524. The maximum absolute atomic E-state index is 10.7. The van der Waals surface area contributed by atoms with Crippen molar-refractivity contribution in [2.45, 2.75) is 19.4 Å². The van der Waals surface area contributed by atoms with Crippen molar-refractivity contribution >= 4 is 5.91 Å². The number of hydrogen-bond donors (Lipinski definition) is 4. The summed E-state index contributed by atoms with van der Waals surface area (Å²) < 4.78 is 5.27. The number of allylic oxidation sites excluding steroid dienone is 3. The summed E-state index contributed by atoms with van der Waals surface area (Å²) in [6.07, 6.45) is 6.25. The van der Waals surface area contributed by atoms with Gasteiger partial charge in [0.2, 0.25) is 0 Å². The number of aliphatic hydroxyl groups is 2. The second kappa shape index (κ2) is 10.6. The molecule has 1 rings (SSSR count). The topological polar surface area (TPSA) is 99.0 Å². The number of benzene rings is 1. The Balaban J connectivity index is 2.49. The molecular formula is C17H23NO5. The fourth-order valence-corrected chi connectivity index (χ4v) is 1.93. The van der Waals surface area contributed by atoms with E-state index in [2.05, 4.69) is 0 Å². The number of carbonyl (C=O) groups is 1. The summed E-state index contributed by atoms with van der Waals surface area (Å²) in [5, 5.41) is 27.3. The zero-order chi connectivity index (χ0) is 17.1. The highest BCUT2D eigenvalue weighted by Crippen LogP contribution is 2.26. The fourth-order valence-electron chi connectivity index (χ4n) is 1.93. The molecule has 0 aliphatic heterocycles. The largest absolute Gasteiger partial charge is 0.491 e. The smallest absolute Gasteiger partial charge is 0.267 e. The Hall–Kier alpha value is -2.15. The van der Waals surface area contributed by atoms with Crippen LogP contribution in [0.1, 0.15) is 25.0 Å². The van der Waals surface area contributed by atoms with E-state index in [9.17, 15) is 9.90 Å². The molecule has 23 heavy (non-hydrogen) atoms. The second-order valence-electron chi connectivity index (χ2n) is 5.06. The maximum Gasteiger partial charge on any atom is 0.267 e. The van der Waals surface area contributed by atoms with Crippen molar-refractivity contribution in [2.24, 2.45) is 5.92 Å². The van der Waals surface area contributed by atoms with Crippen LogP contribution in [0, 0.1) is 5.92 Å². The first-order valence-corrected chi connectivity index (χ1v) is 7.37. The summed E-state index contributed by atoms with van der Waals surface area (Å²) in [6, 6.07) is 7.10. The van der Waals surface area contributed by atoms with Crippen LogP contribution < -0.4 is 10.2 Å². The molecule has 1 aromatic rings. The molecule has 126 valence electrons. The van der Waals surface area contributed by atoms with Crippen LogP contribution in [-0.2, 0) is 4.79 Å². The van der Waals surface area contributed by atoms with Crippen molar-refractivity contribution in [3.63, 3.8) is 0 Å². The Morgan fingerprint density at radius 1 is 1.30 bits per heavy atom. The molecule has 0 bridgehead atoms. The summed E-state index contributed by atoms with van der Waals surface area (Å²) in [4.78, 5) is 10.7. The number of amides is 1. The predicted octanol–water partition coefficient (Wildman–Crippen LogP) is 1.74. The van der Waals surface area contributed by atoms with E-state index in [1.807, 2.05) is 13.0 Å². The minimum atomic E-state index is -0.615. The molecule has 1 amide bonds. The maximum atomic E-state index is 10.7. The SMILES string of the molecule is C[C@@H](C/C=C/C=C/C(=O)NO)[C@H](O)c1ccc(OCCO)cc1. The molecule has 0 saturated heterocycles. The first-order valence-electron chi connectivity index (χ1n) is 7.37. The third kappa shape index (κ3) is 7.10. The molecule has 0 aliphatic rings. The van der Waals surface area contributed by atoms with Gasteiger partial charge in [0.15, 0.2) is 0 Å². The number of hydrogen-bond acceptors (Lipinski definition) is 5. The molecular weight excluding hydrogens is 298 g/mol. The number of nitrogens with one attached hydrogen (secondary N) is 1. The molecule has 1 aromatic carbocycles. The number of ether oxygens (including phenoxy) is 1. The van der Waals surface area contributed by atoms with Crippen LogP contribution in [0.4, 0.5) is 0 Å². The monoisotopic (exact) mass is 321 g/mol. The van der Waals surface area contributed by atoms with Crippen molar-refractivity contribution in [3.8, 4) is 5.75 Å². The van der Waals surface area contributed by atoms with Gasteiger partial charge in [-0.2, -0.15) is 0 Å². The summed E-state index contributed by atoms with van der Waals surface area (Å²) >= 11 is 0. The van der Waals surface area contributed by atoms with E-state index >= 15 is 0 Å². The minimum absolute atomic E-state index is 0.00414. The second-order valence-corrected chi connectivity index (χ2v) is 5.06. The molecule has 2 atom stereocenters. The lowest BCUT2D eigenvalue weighted by Crippen LogP contribution is -2.14. The van der Waals surface area contributed by atoms with E-state index in [4.69, 9.17) is 15.1 Å². The third-order valence-electron chi connectivity index (χ3n) is 3.23. The highest BCUT2D eigenvalue weighted by molar-refractivity contribution is 5.86. The van der Waals surface area contributed by atoms with Gasteiger partial charge < -0.3 is 14.9 Å². The number of hydroxylamine groups is 1. The molecule has 6 heteroatoms. The Kier molecular flexibility index (Phi) is 8.67. The lowest BCUT2D eigenvalue weighted by Gasteiger charge is -2.18. The lowest BCUT2D eigenvalue weighted by molar-refractivity contribution is -0.124. The van der Waals surface area contributed by atoms with Gasteiger partial charge in [-0.3, -0.25) is 10.0 Å². The molecule has 0 aromatic heterocycles. The standard InChI is InChI=1S/C17H23NO5/c1-13(5-3-2-4-6-16(20)18-22)17(21)14-7-9-15(10-8-14)23-12-11-19/h2-4,6-10,13,17,19,21-22H,5,11-12H2,1H3,(H,18,20)/b3-2+,6-4+/t13-,17-/m0/s1. The van der Waals surface area contributed by atoms with Crippen LogP contribution in [0.15, 0.2) is 48.6 Å². The molecule has 4 N–H and O–H groups in total. The Labute approximate surface area is 135 Å². The zero-order valence-electron chi connectivity index (χ0n) is 13.1. The van der Waals surface area contributed by atoms with E-state index < -0.39 is 12.0 Å². The van der Waals surface area contributed by atoms with Crippen molar-refractivity contribution in [3.05, 3.63) is 54.1 Å². The molecule has 0 heterocycles. The van der Waals surface area contributed by atoms with Crippen LogP contribution in [0.3, 0.4) is 0 Å². The zero-order valence-corrected chi connectivity index (χ0v) is 13.1. The van der Waals surface area contributed by atoms with Crippen molar-refractivity contribution in [2.75, 3.05) is 13.2 Å². The highest BCUT2D eigenvalue weighted by Gasteiger charge is 2.15. The van der Waals surface area contributed by atoms with Gasteiger partial charge in [-0.05, 0) is 30.0 Å². The van der Waals surface area contributed by atoms with Gasteiger partial charge in [0.25, 0.3) is 5.91 Å². The predicted molar refractivity (Wildman–Crippen MR) is 86.0 cm³/mol. The van der Waals surface area contributed by atoms with Crippen LogP contribution in [0.5, 0.6) is 5.75 Å². The van der Waals surface area contributed by atoms with Gasteiger partial charge in [0.05, 0.1) is 12.7 Å². The molecule has 6 nitrogen and oxygen atoms in total. The first kappa shape index (κ1) is 18.9. The molecule has 0 spiro atoms. The Morgan fingerprint density at radius 3 is 2.61 bits per heavy atom. The van der Waals surface area contributed by atoms with Crippen LogP contribution in [0.25, 0.3) is 0 Å². The van der Waals surface area contributed by atoms with Gasteiger partial charge in [-0.15, -0.1) is 0 Å². The van der Waals surface area contributed by atoms with Crippen LogP contribution in [-0.4, -0.2) is 34.5 Å². The number of aliphatic hydroxyl groups excluding tert-OH is 2. The van der Waals surface area contributed by atoms with Gasteiger partial charge in [-0.1, -0.05) is 37.3 Å². The van der Waals surface area contributed by atoms with Crippen LogP contribution in [0.2, 0.25) is 0 Å². The van der Waals surface area contributed by atoms with Gasteiger partial charge in [-0.25, -0.2) is 5.48 Å². The summed E-state index contributed by atoms with van der Waals surface area (Å²) in [6.45, 7) is 2.13. The lowest BCUT2D eigenvalue weighted by atomic mass is 9.94. The number of carbonyl (C=O) groups excluding carboxylic acids is 1. The third-order valence-corrected chi connectivity index (χ3v) is 3.23. The Morgan fingerprint density at radius 2 is 2.00 bits per heavy atom.